The first-order valence-electron chi connectivity index (χ1n) is 14.4. The summed E-state index contributed by atoms with van der Waals surface area (Å²) < 4.78 is 19.2. The number of H-pyrrole nitrogens is 1. The number of aromatic nitrogens is 4. The highest BCUT2D eigenvalue weighted by Gasteiger charge is 2.27. The van der Waals surface area contributed by atoms with Crippen molar-refractivity contribution in [2.24, 2.45) is 0 Å². The maximum atomic E-state index is 13.0. The van der Waals surface area contributed by atoms with Gasteiger partial charge in [-0.1, -0.05) is 12.1 Å². The molecule has 0 aliphatic carbocycles. The molecule has 4 heterocycles. The molecule has 2 aromatic carbocycles. The molecule has 2 aliphatic heterocycles. The number of ether oxygens (including phenoxy) is 3. The van der Waals surface area contributed by atoms with Crippen LogP contribution in [-0.2, 0) is 4.74 Å². The van der Waals surface area contributed by atoms with Crippen LogP contribution in [0.2, 0.25) is 0 Å². The van der Waals surface area contributed by atoms with Gasteiger partial charge in [-0.05, 0) is 51.3 Å². The molecular weight excluding hydrogens is 524 g/mol. The van der Waals surface area contributed by atoms with Gasteiger partial charge in [0.05, 0.1) is 42.8 Å². The number of hydrogen-bond donors (Lipinski definition) is 1. The lowest BCUT2D eigenvalue weighted by atomic mass is 10.0. The molecule has 1 N–H and O–H groups in total. The molecule has 0 saturated carbocycles. The predicted octanol–water partition coefficient (Wildman–Crippen LogP) is 3.42. The van der Waals surface area contributed by atoms with Crippen molar-refractivity contribution in [2.45, 2.75) is 39.7 Å². The Balaban J connectivity index is 1.38. The summed E-state index contributed by atoms with van der Waals surface area (Å²) in [6, 6.07) is 9.54. The van der Waals surface area contributed by atoms with Gasteiger partial charge in [0.25, 0.3) is 5.56 Å². The molecule has 11 heteroatoms. The minimum Gasteiger partial charge on any atom is -0.490 e. The number of aryl methyl sites for hydroxylation is 1. The second-order valence-corrected chi connectivity index (χ2v) is 10.4. The highest BCUT2D eigenvalue weighted by Crippen LogP contribution is 2.38. The van der Waals surface area contributed by atoms with Gasteiger partial charge in [-0.25, -0.2) is 9.78 Å². The van der Waals surface area contributed by atoms with E-state index >= 15 is 0 Å². The Morgan fingerprint density at radius 2 is 1.66 bits per heavy atom. The summed E-state index contributed by atoms with van der Waals surface area (Å²) >= 11 is 0. The quantitative estimate of drug-likeness (QED) is 0.363. The van der Waals surface area contributed by atoms with Gasteiger partial charge in [-0.2, -0.15) is 4.98 Å². The Morgan fingerprint density at radius 1 is 0.951 bits per heavy atom. The standard InChI is InChI=1S/C30H36N6O5/c1-4-40-24-17-21-22(18-25(24)41-5-2)31-29(35-13-15-39-16-14-35)32-27(21)34-11-9-20(10-12-34)36-23-8-6-7-19(3)26(23)28(37)33-30(36)38/h6-8,17-18,20H,4-5,9-16H2,1-3H3,(H,33,37,38). The number of morpholine rings is 1. The Hall–Kier alpha value is -4.12. The first kappa shape index (κ1) is 27.1. The van der Waals surface area contributed by atoms with E-state index in [9.17, 15) is 9.59 Å². The lowest BCUT2D eigenvalue weighted by Gasteiger charge is -2.35. The van der Waals surface area contributed by atoms with Crippen LogP contribution < -0.4 is 30.5 Å². The van der Waals surface area contributed by atoms with Crippen molar-refractivity contribution in [3.8, 4) is 11.5 Å². The summed E-state index contributed by atoms with van der Waals surface area (Å²) in [5.41, 5.74) is 1.64. The number of anilines is 2. The summed E-state index contributed by atoms with van der Waals surface area (Å²) in [6.07, 6.45) is 1.45. The van der Waals surface area contributed by atoms with Gasteiger partial charge < -0.3 is 24.0 Å². The average Bonchev–Trinajstić information content (AvgIpc) is 2.98. The van der Waals surface area contributed by atoms with Gasteiger partial charge in [0.2, 0.25) is 5.95 Å². The zero-order chi connectivity index (χ0) is 28.5. The molecule has 2 aliphatic rings. The molecule has 0 radical (unpaired) electrons. The van der Waals surface area contributed by atoms with Crippen LogP contribution >= 0.6 is 0 Å². The molecule has 41 heavy (non-hydrogen) atoms. The Labute approximate surface area is 237 Å². The SMILES string of the molecule is CCOc1cc2nc(N3CCOCC3)nc(N3CCC(n4c(=O)[nH]c(=O)c5c(C)cccc54)CC3)c2cc1OCC. The zero-order valence-electron chi connectivity index (χ0n) is 23.8. The van der Waals surface area contributed by atoms with Crippen molar-refractivity contribution in [1.29, 1.82) is 0 Å². The summed E-state index contributed by atoms with van der Waals surface area (Å²) in [7, 11) is 0. The molecule has 6 rings (SSSR count). The molecule has 216 valence electrons. The third-order valence-electron chi connectivity index (χ3n) is 7.93. The van der Waals surface area contributed by atoms with Crippen LogP contribution in [0.1, 0.15) is 38.3 Å². The van der Waals surface area contributed by atoms with Crippen LogP contribution in [0.4, 0.5) is 11.8 Å². The van der Waals surface area contributed by atoms with Crippen molar-refractivity contribution in [1.82, 2.24) is 19.5 Å². The van der Waals surface area contributed by atoms with Gasteiger partial charge in [0.15, 0.2) is 11.5 Å². The third kappa shape index (κ3) is 5.10. The van der Waals surface area contributed by atoms with E-state index in [0.29, 0.717) is 67.9 Å². The first-order chi connectivity index (χ1) is 20.0. The molecule has 0 bridgehead atoms. The fraction of sp³-hybridized carbons (Fsp3) is 0.467. The second-order valence-electron chi connectivity index (χ2n) is 10.4. The van der Waals surface area contributed by atoms with E-state index < -0.39 is 0 Å². The minimum absolute atomic E-state index is 0.0461. The highest BCUT2D eigenvalue weighted by molar-refractivity contribution is 5.93. The molecule has 0 spiro atoms. The van der Waals surface area contributed by atoms with Gasteiger partial charge in [-0.3, -0.25) is 14.3 Å². The Bertz CT molecular complexity index is 1690. The number of hydrogen-bond acceptors (Lipinski definition) is 9. The van der Waals surface area contributed by atoms with Gasteiger partial charge >= 0.3 is 5.69 Å². The number of benzene rings is 2. The largest absolute Gasteiger partial charge is 0.490 e. The number of rotatable bonds is 7. The predicted molar refractivity (Wildman–Crippen MR) is 159 cm³/mol. The van der Waals surface area contributed by atoms with Crippen molar-refractivity contribution in [2.75, 3.05) is 62.4 Å². The van der Waals surface area contributed by atoms with E-state index in [1.54, 1.807) is 4.57 Å². The van der Waals surface area contributed by atoms with E-state index in [1.165, 1.54) is 0 Å². The van der Waals surface area contributed by atoms with Crippen molar-refractivity contribution < 1.29 is 14.2 Å². The molecular formula is C30H36N6O5. The van der Waals surface area contributed by atoms with Gasteiger partial charge in [0, 0.05) is 43.7 Å². The number of piperidine rings is 1. The number of fused-ring (bicyclic) bond motifs is 2. The Kier molecular flexibility index (Phi) is 7.53. The van der Waals surface area contributed by atoms with Gasteiger partial charge in [-0.15, -0.1) is 0 Å². The first-order valence-corrected chi connectivity index (χ1v) is 14.4. The van der Waals surface area contributed by atoms with Crippen LogP contribution in [0.25, 0.3) is 21.8 Å². The second kappa shape index (κ2) is 11.4. The van der Waals surface area contributed by atoms with Crippen molar-refractivity contribution in [3.63, 3.8) is 0 Å². The summed E-state index contributed by atoms with van der Waals surface area (Å²) in [5, 5.41) is 1.47. The van der Waals surface area contributed by atoms with E-state index in [-0.39, 0.29) is 17.3 Å². The zero-order valence-corrected chi connectivity index (χ0v) is 23.8. The molecule has 0 unspecified atom stereocenters. The summed E-state index contributed by atoms with van der Waals surface area (Å²) in [6.45, 7) is 10.9. The maximum absolute atomic E-state index is 13.0. The fourth-order valence-corrected chi connectivity index (χ4v) is 5.97. The third-order valence-corrected chi connectivity index (χ3v) is 7.93. The van der Waals surface area contributed by atoms with E-state index in [2.05, 4.69) is 14.8 Å². The molecule has 4 aromatic rings. The number of aromatic amines is 1. The molecule has 11 nitrogen and oxygen atoms in total. The molecule has 2 fully saturated rings. The van der Waals surface area contributed by atoms with E-state index in [0.717, 1.165) is 48.2 Å². The van der Waals surface area contributed by atoms with Crippen LogP contribution in [0.15, 0.2) is 39.9 Å². The fourth-order valence-electron chi connectivity index (χ4n) is 5.97. The van der Waals surface area contributed by atoms with Gasteiger partial charge in [0.1, 0.15) is 5.82 Å². The van der Waals surface area contributed by atoms with E-state index in [1.807, 2.05) is 51.1 Å². The molecule has 0 atom stereocenters. The highest BCUT2D eigenvalue weighted by atomic mass is 16.5. The average molecular weight is 561 g/mol. The van der Waals surface area contributed by atoms with Crippen LogP contribution in [-0.4, -0.2) is 72.1 Å². The maximum Gasteiger partial charge on any atom is 0.329 e. The monoisotopic (exact) mass is 560 g/mol. The van der Waals surface area contributed by atoms with Crippen molar-refractivity contribution in [3.05, 3.63) is 56.7 Å². The molecule has 2 aromatic heterocycles. The summed E-state index contributed by atoms with van der Waals surface area (Å²) in [4.78, 5) is 42.6. The normalized spacial score (nSPS) is 16.5. The van der Waals surface area contributed by atoms with Crippen LogP contribution in [0.3, 0.4) is 0 Å². The van der Waals surface area contributed by atoms with Crippen LogP contribution in [0.5, 0.6) is 11.5 Å². The number of nitrogens with zero attached hydrogens (tertiary/aromatic N) is 5. The van der Waals surface area contributed by atoms with E-state index in [4.69, 9.17) is 24.2 Å². The number of nitrogens with one attached hydrogen (secondary N) is 1. The lowest BCUT2D eigenvalue weighted by Crippen LogP contribution is -2.41. The van der Waals surface area contributed by atoms with Crippen LogP contribution in [0, 0.1) is 6.92 Å². The summed E-state index contributed by atoms with van der Waals surface area (Å²) in [5.74, 6) is 2.84. The minimum atomic E-state index is -0.363. The molecule has 2 saturated heterocycles. The topological polar surface area (TPSA) is 115 Å². The lowest BCUT2D eigenvalue weighted by molar-refractivity contribution is 0.122. The Morgan fingerprint density at radius 3 is 2.37 bits per heavy atom. The molecule has 0 amide bonds. The smallest absolute Gasteiger partial charge is 0.329 e. The van der Waals surface area contributed by atoms with Crippen molar-refractivity contribution >= 4 is 33.6 Å².